The fourth-order valence-corrected chi connectivity index (χ4v) is 4.49. The number of nitrogens with zero attached hydrogens (tertiary/aromatic N) is 3. The molecule has 0 saturated carbocycles. The molecule has 1 aliphatic rings. The average molecular weight is 482 g/mol. The lowest BCUT2D eigenvalue weighted by atomic mass is 10.0. The first-order valence-corrected chi connectivity index (χ1v) is 11.8. The van der Waals surface area contributed by atoms with E-state index in [-0.39, 0.29) is 12.0 Å². The monoisotopic (exact) mass is 481 g/mol. The molecule has 1 aromatic heterocycles. The Morgan fingerprint density at radius 3 is 2.55 bits per heavy atom. The van der Waals surface area contributed by atoms with Gasteiger partial charge in [-0.25, -0.2) is 9.97 Å². The number of nitrogens with one attached hydrogen (secondary N) is 1. The van der Waals surface area contributed by atoms with Crippen LogP contribution < -0.4 is 11.1 Å². The summed E-state index contributed by atoms with van der Waals surface area (Å²) >= 11 is 17.8. The number of rotatable bonds is 8. The maximum Gasteiger partial charge on any atom is 0.166 e. The van der Waals surface area contributed by atoms with Crippen LogP contribution in [0.1, 0.15) is 32.2 Å². The van der Waals surface area contributed by atoms with Crippen LogP contribution >= 0.6 is 35.4 Å². The molecule has 0 radical (unpaired) electrons. The lowest BCUT2D eigenvalue weighted by molar-refractivity contribution is 0.112. The van der Waals surface area contributed by atoms with Gasteiger partial charge in [0.1, 0.15) is 5.82 Å². The molecule has 0 aliphatic carbocycles. The van der Waals surface area contributed by atoms with E-state index in [2.05, 4.69) is 19.2 Å². The number of hydrogen-bond acceptors (Lipinski definition) is 5. The van der Waals surface area contributed by atoms with Crippen molar-refractivity contribution in [1.29, 1.82) is 0 Å². The van der Waals surface area contributed by atoms with Gasteiger partial charge in [-0.15, -0.1) is 0 Å². The van der Waals surface area contributed by atoms with Crippen molar-refractivity contribution in [3.8, 4) is 11.3 Å². The van der Waals surface area contributed by atoms with E-state index in [1.807, 2.05) is 24.0 Å². The minimum Gasteiger partial charge on any atom is -0.381 e. The first kappa shape index (κ1) is 24.0. The quantitative estimate of drug-likeness (QED) is 0.534. The van der Waals surface area contributed by atoms with Crippen LogP contribution in [0.5, 0.6) is 0 Å². The second kappa shape index (κ2) is 10.8. The second-order valence-electron chi connectivity index (χ2n) is 7.56. The van der Waals surface area contributed by atoms with Crippen LogP contribution in [0.25, 0.3) is 11.3 Å². The molecule has 168 valence electrons. The van der Waals surface area contributed by atoms with Gasteiger partial charge in [0.05, 0.1) is 34.8 Å². The zero-order valence-corrected chi connectivity index (χ0v) is 20.4. The molecule has 31 heavy (non-hydrogen) atoms. The van der Waals surface area contributed by atoms with E-state index in [1.54, 1.807) is 6.07 Å². The highest BCUT2D eigenvalue weighted by Gasteiger charge is 2.34. The maximum absolute atomic E-state index is 6.47. The predicted octanol–water partition coefficient (Wildman–Crippen LogP) is 4.57. The molecule has 3 rings (SSSR count). The van der Waals surface area contributed by atoms with Gasteiger partial charge in [0.2, 0.25) is 0 Å². The van der Waals surface area contributed by atoms with E-state index < -0.39 is 0 Å². The van der Waals surface area contributed by atoms with Crippen LogP contribution in [-0.4, -0.2) is 52.3 Å². The number of hydrogen-bond donors (Lipinski definition) is 2. The van der Waals surface area contributed by atoms with Crippen molar-refractivity contribution in [2.75, 3.05) is 31.6 Å². The van der Waals surface area contributed by atoms with E-state index in [0.717, 1.165) is 47.8 Å². The second-order valence-corrected chi connectivity index (χ2v) is 8.82. The topological polar surface area (TPSA) is 76.3 Å². The third kappa shape index (κ3) is 5.58. The van der Waals surface area contributed by atoms with Crippen LogP contribution in [0.15, 0.2) is 18.2 Å². The molecule has 1 fully saturated rings. The Bertz CT molecular complexity index is 942. The summed E-state index contributed by atoms with van der Waals surface area (Å²) in [4.78, 5) is 11.9. The van der Waals surface area contributed by atoms with E-state index >= 15 is 0 Å². The van der Waals surface area contributed by atoms with Crippen molar-refractivity contribution in [2.45, 2.75) is 39.7 Å². The molecular formula is C22H29Cl2N5OS. The van der Waals surface area contributed by atoms with Crippen molar-refractivity contribution in [3.05, 3.63) is 39.6 Å². The lowest BCUT2D eigenvalue weighted by Crippen LogP contribution is -2.35. The number of nitrogens with two attached hydrogens (primary N) is 1. The molecule has 1 aliphatic heterocycles. The van der Waals surface area contributed by atoms with Gasteiger partial charge in [-0.3, -0.25) is 0 Å². The smallest absolute Gasteiger partial charge is 0.166 e. The van der Waals surface area contributed by atoms with E-state index in [0.29, 0.717) is 34.9 Å². The Balaban J connectivity index is 1.94. The van der Waals surface area contributed by atoms with Crippen LogP contribution in [0.3, 0.4) is 0 Å². The van der Waals surface area contributed by atoms with Gasteiger partial charge >= 0.3 is 0 Å². The molecule has 2 aromatic rings. The van der Waals surface area contributed by atoms with Gasteiger partial charge < -0.3 is 20.7 Å². The SMILES string of the molecule is CCOCC1CN(C(N)=S)CC1Nc1nc(CC)c(-c2ccc(Cl)cc2Cl)nc1CC. The molecule has 3 N–H and O–H groups in total. The Hall–Kier alpha value is -1.67. The molecule has 6 nitrogen and oxygen atoms in total. The Morgan fingerprint density at radius 2 is 1.94 bits per heavy atom. The van der Waals surface area contributed by atoms with E-state index in [4.69, 9.17) is 55.9 Å². The lowest BCUT2D eigenvalue weighted by Gasteiger charge is -2.22. The normalized spacial score (nSPS) is 18.4. The van der Waals surface area contributed by atoms with Gasteiger partial charge in [-0.2, -0.15) is 0 Å². The fraction of sp³-hybridized carbons (Fsp3) is 0.500. The number of aromatic nitrogens is 2. The number of anilines is 1. The van der Waals surface area contributed by atoms with Gasteiger partial charge in [0.25, 0.3) is 0 Å². The summed E-state index contributed by atoms with van der Waals surface area (Å²) in [5, 5.41) is 5.19. The molecule has 2 heterocycles. The van der Waals surface area contributed by atoms with Crippen LogP contribution in [0, 0.1) is 5.92 Å². The van der Waals surface area contributed by atoms with Crippen molar-refractivity contribution >= 4 is 46.4 Å². The summed E-state index contributed by atoms with van der Waals surface area (Å²) < 4.78 is 5.70. The number of ether oxygens (including phenoxy) is 1. The van der Waals surface area contributed by atoms with Gasteiger partial charge in [-0.1, -0.05) is 37.0 Å². The molecule has 9 heteroatoms. The molecule has 1 saturated heterocycles. The third-order valence-corrected chi connectivity index (χ3v) is 6.31. The molecule has 0 amide bonds. The molecule has 0 bridgehead atoms. The molecule has 1 aromatic carbocycles. The number of aryl methyl sites for hydroxylation is 2. The van der Waals surface area contributed by atoms with Gasteiger partial charge in [0, 0.05) is 36.2 Å². The van der Waals surface area contributed by atoms with Crippen molar-refractivity contribution < 1.29 is 4.74 Å². The predicted molar refractivity (Wildman–Crippen MR) is 132 cm³/mol. The summed E-state index contributed by atoms with van der Waals surface area (Å²) in [6.07, 6.45) is 1.46. The largest absolute Gasteiger partial charge is 0.381 e. The van der Waals surface area contributed by atoms with Crippen molar-refractivity contribution in [1.82, 2.24) is 14.9 Å². The standard InChI is InChI=1S/C22H29Cl2N5OS/c1-4-17-20(15-8-7-14(23)9-16(15)24)26-18(5-2)21(27-17)28-19-11-29(22(25)31)10-13(19)12-30-6-3/h7-9,13,19H,4-6,10-12H2,1-3H3,(H2,25,31)(H,27,28). The Kier molecular flexibility index (Phi) is 8.33. The van der Waals surface area contributed by atoms with E-state index in [1.165, 1.54) is 0 Å². The summed E-state index contributed by atoms with van der Waals surface area (Å²) in [6.45, 7) is 8.92. The van der Waals surface area contributed by atoms with Crippen molar-refractivity contribution in [2.24, 2.45) is 11.7 Å². The molecule has 0 spiro atoms. The summed E-state index contributed by atoms with van der Waals surface area (Å²) in [6, 6.07) is 5.57. The summed E-state index contributed by atoms with van der Waals surface area (Å²) in [5.41, 5.74) is 9.31. The van der Waals surface area contributed by atoms with Crippen molar-refractivity contribution in [3.63, 3.8) is 0 Å². The maximum atomic E-state index is 6.47. The van der Waals surface area contributed by atoms with Crippen LogP contribution in [-0.2, 0) is 17.6 Å². The van der Waals surface area contributed by atoms with Gasteiger partial charge in [-0.05, 0) is 50.2 Å². The highest BCUT2D eigenvalue weighted by molar-refractivity contribution is 7.80. The zero-order chi connectivity index (χ0) is 22.5. The third-order valence-electron chi connectivity index (χ3n) is 5.51. The van der Waals surface area contributed by atoms with E-state index in [9.17, 15) is 0 Å². The number of thiocarbonyl (C=S) groups is 1. The molecule has 2 unspecified atom stereocenters. The van der Waals surface area contributed by atoms with Crippen LogP contribution in [0.4, 0.5) is 5.82 Å². The first-order chi connectivity index (χ1) is 14.9. The minimum absolute atomic E-state index is 0.113. The number of halogens is 2. The highest BCUT2D eigenvalue weighted by atomic mass is 35.5. The summed E-state index contributed by atoms with van der Waals surface area (Å²) in [7, 11) is 0. The first-order valence-electron chi connectivity index (χ1n) is 10.6. The molecule has 2 atom stereocenters. The Morgan fingerprint density at radius 1 is 1.19 bits per heavy atom. The molecular weight excluding hydrogens is 453 g/mol. The summed E-state index contributed by atoms with van der Waals surface area (Å²) in [5.74, 6) is 1.05. The van der Waals surface area contributed by atoms with Crippen LogP contribution in [0.2, 0.25) is 10.0 Å². The Labute approximate surface area is 199 Å². The minimum atomic E-state index is 0.113. The number of benzene rings is 1. The highest BCUT2D eigenvalue weighted by Crippen LogP contribution is 2.33. The average Bonchev–Trinajstić information content (AvgIpc) is 3.15. The number of likely N-dealkylation sites (tertiary alicyclic amines) is 1. The van der Waals surface area contributed by atoms with Gasteiger partial charge in [0.15, 0.2) is 5.11 Å². The zero-order valence-electron chi connectivity index (χ0n) is 18.1. The fourth-order valence-electron chi connectivity index (χ4n) is 3.84.